The number of allylic oxidation sites excluding steroid dienone is 1. The molecule has 26 heavy (non-hydrogen) atoms. The predicted molar refractivity (Wildman–Crippen MR) is 107 cm³/mol. The molecule has 3 rings (SSSR count). The van der Waals surface area contributed by atoms with Gasteiger partial charge in [0.1, 0.15) is 0 Å². The molecule has 2 heterocycles. The van der Waals surface area contributed by atoms with Gasteiger partial charge in [0, 0.05) is 16.6 Å². The smallest absolute Gasteiger partial charge is 0.338 e. The largest absolute Gasteiger partial charge is 0.462 e. The highest BCUT2D eigenvalue weighted by Gasteiger charge is 2.41. The van der Waals surface area contributed by atoms with Gasteiger partial charge in [-0.25, -0.2) is 9.79 Å². The Morgan fingerprint density at radius 2 is 2.23 bits per heavy atom. The third-order valence-electron chi connectivity index (χ3n) is 4.14. The number of amides is 1. The lowest BCUT2D eigenvalue weighted by Crippen LogP contribution is -2.45. The van der Waals surface area contributed by atoms with E-state index in [1.165, 1.54) is 0 Å². The van der Waals surface area contributed by atoms with Crippen LogP contribution in [0.25, 0.3) is 0 Å². The van der Waals surface area contributed by atoms with Crippen molar-refractivity contribution in [2.24, 2.45) is 10.9 Å². The summed E-state index contributed by atoms with van der Waals surface area (Å²) in [6.45, 7) is 6.12. The molecule has 138 valence electrons. The Kier molecular flexibility index (Phi) is 5.87. The highest BCUT2D eigenvalue weighted by molar-refractivity contribution is 9.10. The maximum atomic E-state index is 12.9. The van der Waals surface area contributed by atoms with Crippen LogP contribution < -0.4 is 0 Å². The summed E-state index contributed by atoms with van der Waals surface area (Å²) in [4.78, 5) is 31.7. The second kappa shape index (κ2) is 7.96. The number of amidine groups is 1. The maximum absolute atomic E-state index is 12.9. The van der Waals surface area contributed by atoms with Crippen molar-refractivity contribution >= 4 is 44.7 Å². The van der Waals surface area contributed by atoms with E-state index in [9.17, 15) is 9.59 Å². The molecule has 1 saturated heterocycles. The highest BCUT2D eigenvalue weighted by Crippen LogP contribution is 2.40. The molecule has 0 unspecified atom stereocenters. The Morgan fingerprint density at radius 1 is 1.46 bits per heavy atom. The number of carbonyl (C=O) groups is 2. The van der Waals surface area contributed by atoms with Gasteiger partial charge in [-0.05, 0) is 30.5 Å². The molecule has 0 saturated carbocycles. The average Bonchev–Trinajstić information content (AvgIpc) is 2.58. The van der Waals surface area contributed by atoms with Gasteiger partial charge in [0.05, 0.1) is 23.9 Å². The second-order valence-electron chi connectivity index (χ2n) is 6.71. The Morgan fingerprint density at radius 3 is 2.92 bits per heavy atom. The summed E-state index contributed by atoms with van der Waals surface area (Å²) in [5.74, 6) is 0.514. The van der Waals surface area contributed by atoms with Gasteiger partial charge in [0.25, 0.3) is 0 Å². The van der Waals surface area contributed by atoms with E-state index in [-0.39, 0.29) is 11.8 Å². The number of nitrogens with zero attached hydrogens (tertiary/aromatic N) is 2. The van der Waals surface area contributed by atoms with Gasteiger partial charge in [-0.15, -0.1) is 0 Å². The molecule has 0 aliphatic carbocycles. The van der Waals surface area contributed by atoms with Crippen molar-refractivity contribution in [1.29, 1.82) is 0 Å². The number of benzene rings is 1. The van der Waals surface area contributed by atoms with Gasteiger partial charge in [0.15, 0.2) is 5.17 Å². The van der Waals surface area contributed by atoms with Crippen molar-refractivity contribution in [2.45, 2.75) is 33.2 Å². The average molecular weight is 437 g/mol. The topological polar surface area (TPSA) is 59.0 Å². The van der Waals surface area contributed by atoms with Crippen LogP contribution in [0.5, 0.6) is 0 Å². The molecule has 1 fully saturated rings. The number of esters is 1. The van der Waals surface area contributed by atoms with Gasteiger partial charge in [-0.3, -0.25) is 9.69 Å². The van der Waals surface area contributed by atoms with Crippen molar-refractivity contribution in [3.63, 3.8) is 0 Å². The Bertz CT molecular complexity index is 804. The van der Waals surface area contributed by atoms with Gasteiger partial charge >= 0.3 is 5.97 Å². The fraction of sp³-hybridized carbons (Fsp3) is 0.421. The summed E-state index contributed by atoms with van der Waals surface area (Å²) in [6.07, 6.45) is 0.432. The van der Waals surface area contributed by atoms with Crippen molar-refractivity contribution in [3.8, 4) is 0 Å². The van der Waals surface area contributed by atoms with Gasteiger partial charge in [0.2, 0.25) is 5.91 Å². The number of rotatable bonds is 4. The molecule has 0 spiro atoms. The molecule has 0 bridgehead atoms. The zero-order valence-electron chi connectivity index (χ0n) is 15.0. The minimum absolute atomic E-state index is 0.0193. The van der Waals surface area contributed by atoms with Crippen LogP contribution in [0.15, 0.2) is 45.0 Å². The molecule has 1 aromatic carbocycles. The monoisotopic (exact) mass is 436 g/mol. The van der Waals surface area contributed by atoms with E-state index in [4.69, 9.17) is 4.74 Å². The minimum atomic E-state index is -0.514. The van der Waals surface area contributed by atoms with Gasteiger partial charge in [-0.2, -0.15) is 0 Å². The zero-order chi connectivity index (χ0) is 18.8. The van der Waals surface area contributed by atoms with E-state index in [2.05, 4.69) is 20.9 Å². The number of ether oxygens (including phenoxy) is 1. The Hall–Kier alpha value is -1.60. The summed E-state index contributed by atoms with van der Waals surface area (Å²) in [6, 6.07) is 7.16. The fourth-order valence-electron chi connectivity index (χ4n) is 2.97. The lowest BCUT2D eigenvalue weighted by molar-refractivity contribution is -0.141. The minimum Gasteiger partial charge on any atom is -0.462 e. The number of hydrogen-bond acceptors (Lipinski definition) is 5. The molecule has 0 radical (unpaired) electrons. The summed E-state index contributed by atoms with van der Waals surface area (Å²) in [7, 11) is 0. The third kappa shape index (κ3) is 3.88. The SMILES string of the molecule is CC1=C(C(=O)OCC(C)C)[C@H](c2cccc(Br)c2)N2C(=O)CCSC2=N1. The van der Waals surface area contributed by atoms with Crippen molar-refractivity contribution in [1.82, 2.24) is 4.90 Å². The molecule has 2 aliphatic heterocycles. The van der Waals surface area contributed by atoms with E-state index in [1.807, 2.05) is 38.1 Å². The number of fused-ring (bicyclic) bond motifs is 1. The molecule has 1 aromatic rings. The molecular weight excluding hydrogens is 416 g/mol. The first-order valence-corrected chi connectivity index (χ1v) is 10.3. The molecule has 7 heteroatoms. The van der Waals surface area contributed by atoms with Crippen LogP contribution >= 0.6 is 27.7 Å². The lowest BCUT2D eigenvalue weighted by Gasteiger charge is -2.39. The number of hydrogen-bond donors (Lipinski definition) is 0. The van der Waals surface area contributed by atoms with Crippen molar-refractivity contribution < 1.29 is 14.3 Å². The summed E-state index contributed by atoms with van der Waals surface area (Å²) >= 11 is 5.03. The van der Waals surface area contributed by atoms with Crippen LogP contribution in [-0.2, 0) is 14.3 Å². The van der Waals surface area contributed by atoms with Gasteiger partial charge < -0.3 is 4.74 Å². The summed E-state index contributed by atoms with van der Waals surface area (Å²) in [5, 5.41) is 0.657. The quantitative estimate of drug-likeness (QED) is 0.660. The molecule has 1 atom stereocenters. The third-order valence-corrected chi connectivity index (χ3v) is 5.59. The molecule has 0 N–H and O–H groups in total. The normalized spacial score (nSPS) is 20.2. The van der Waals surface area contributed by atoms with E-state index < -0.39 is 12.0 Å². The first-order valence-electron chi connectivity index (χ1n) is 8.55. The first kappa shape index (κ1) is 19.2. The Labute approximate surface area is 166 Å². The maximum Gasteiger partial charge on any atom is 0.338 e. The molecule has 1 amide bonds. The van der Waals surface area contributed by atoms with Crippen LogP contribution in [0.2, 0.25) is 0 Å². The van der Waals surface area contributed by atoms with Crippen molar-refractivity contribution in [2.75, 3.05) is 12.4 Å². The van der Waals surface area contributed by atoms with E-state index >= 15 is 0 Å². The zero-order valence-corrected chi connectivity index (χ0v) is 17.4. The molecule has 0 aromatic heterocycles. The lowest BCUT2D eigenvalue weighted by atomic mass is 9.94. The predicted octanol–water partition coefficient (Wildman–Crippen LogP) is 4.30. The van der Waals surface area contributed by atoms with Gasteiger partial charge in [-0.1, -0.05) is 53.7 Å². The number of carbonyl (C=O) groups excluding carboxylic acids is 2. The van der Waals surface area contributed by atoms with Crippen LogP contribution in [0, 0.1) is 5.92 Å². The number of halogens is 1. The van der Waals surface area contributed by atoms with Crippen molar-refractivity contribution in [3.05, 3.63) is 45.6 Å². The highest BCUT2D eigenvalue weighted by atomic mass is 79.9. The van der Waals surface area contributed by atoms with E-state index in [1.54, 1.807) is 23.6 Å². The second-order valence-corrected chi connectivity index (χ2v) is 8.68. The summed E-state index contributed by atoms with van der Waals surface area (Å²) in [5.41, 5.74) is 1.90. The standard InChI is InChI=1S/C19H21BrN2O3S/c1-11(2)10-25-18(24)16-12(3)21-19-22(15(23)7-8-26-19)17(16)13-5-4-6-14(20)9-13/h4-6,9,11,17H,7-8,10H2,1-3H3/t17-/m0/s1. The molecule has 2 aliphatic rings. The number of thioether (sulfide) groups is 1. The van der Waals surface area contributed by atoms with Crippen LogP contribution in [0.4, 0.5) is 0 Å². The molecular formula is C19H21BrN2O3S. The fourth-order valence-corrected chi connectivity index (χ4v) is 4.39. The van der Waals surface area contributed by atoms with Crippen LogP contribution in [0.1, 0.15) is 38.8 Å². The van der Waals surface area contributed by atoms with E-state index in [0.29, 0.717) is 35.2 Å². The summed E-state index contributed by atoms with van der Waals surface area (Å²) < 4.78 is 6.38. The first-order chi connectivity index (χ1) is 12.4. The Balaban J connectivity index is 2.08. The number of aliphatic imine (C=N–C) groups is 1. The van der Waals surface area contributed by atoms with Crippen LogP contribution in [0.3, 0.4) is 0 Å². The van der Waals surface area contributed by atoms with Crippen LogP contribution in [-0.4, -0.2) is 34.3 Å². The van der Waals surface area contributed by atoms with E-state index in [0.717, 1.165) is 10.0 Å². The molecule has 5 nitrogen and oxygen atoms in total.